The van der Waals surface area contributed by atoms with Gasteiger partial charge in [0.2, 0.25) is 0 Å². The molecule has 0 radical (unpaired) electrons. The molecule has 0 aliphatic rings. The minimum absolute atomic E-state index is 0.320. The molecule has 0 saturated heterocycles. The molecule has 1 heterocycles. The molecule has 3 N–H and O–H groups in total. The third-order valence-electron chi connectivity index (χ3n) is 1.99. The van der Waals surface area contributed by atoms with Crippen molar-refractivity contribution in [2.24, 2.45) is 0 Å². The van der Waals surface area contributed by atoms with E-state index >= 15 is 0 Å². The first-order chi connectivity index (χ1) is 6.56. The second kappa shape index (κ2) is 4.17. The number of H-pyrrole nitrogens is 1. The van der Waals surface area contributed by atoms with E-state index in [4.69, 9.17) is 10.5 Å². The smallest absolute Gasteiger partial charge is 0.341 e. The number of nitrogen functional groups attached to an aromatic ring is 1. The number of hydrogen-bond donors (Lipinski definition) is 2. The van der Waals surface area contributed by atoms with Crippen molar-refractivity contribution in [1.29, 1.82) is 0 Å². The van der Waals surface area contributed by atoms with Gasteiger partial charge in [0.15, 0.2) is 0 Å². The molecule has 4 nitrogen and oxygen atoms in total. The summed E-state index contributed by atoms with van der Waals surface area (Å²) in [5.41, 5.74) is 7.03. The number of aromatic nitrogens is 1. The largest absolute Gasteiger partial charge is 0.462 e. The van der Waals surface area contributed by atoms with Crippen molar-refractivity contribution in [2.45, 2.75) is 26.7 Å². The molecule has 1 aromatic heterocycles. The van der Waals surface area contributed by atoms with Crippen molar-refractivity contribution in [1.82, 2.24) is 4.98 Å². The maximum Gasteiger partial charge on any atom is 0.341 e. The molecule has 0 aromatic carbocycles. The first kappa shape index (κ1) is 10.6. The van der Waals surface area contributed by atoms with Gasteiger partial charge in [0.05, 0.1) is 6.61 Å². The molecule has 0 aliphatic heterocycles. The molecule has 4 heteroatoms. The number of aromatic amines is 1. The molecule has 14 heavy (non-hydrogen) atoms. The second-order valence-corrected chi connectivity index (χ2v) is 3.43. The molecule has 0 amide bonds. The molecule has 0 saturated carbocycles. The fraction of sp³-hybridized carbons (Fsp3) is 0.500. The van der Waals surface area contributed by atoms with Crippen molar-refractivity contribution in [3.63, 3.8) is 0 Å². The average molecular weight is 196 g/mol. The Kier molecular flexibility index (Phi) is 3.17. The predicted molar refractivity (Wildman–Crippen MR) is 55.3 cm³/mol. The van der Waals surface area contributed by atoms with Crippen LogP contribution in [0, 0.1) is 0 Å². The van der Waals surface area contributed by atoms with Crippen LogP contribution in [0.3, 0.4) is 0 Å². The number of rotatable bonds is 3. The molecule has 1 aromatic rings. The quantitative estimate of drug-likeness (QED) is 0.725. The molecule has 0 aliphatic carbocycles. The van der Waals surface area contributed by atoms with E-state index in [0.29, 0.717) is 23.9 Å². The fourth-order valence-electron chi connectivity index (χ4n) is 1.18. The zero-order valence-electron chi connectivity index (χ0n) is 8.76. The van der Waals surface area contributed by atoms with Crippen molar-refractivity contribution >= 4 is 11.8 Å². The first-order valence-electron chi connectivity index (χ1n) is 4.71. The Hall–Kier alpha value is -1.45. The Balaban J connectivity index is 2.92. The van der Waals surface area contributed by atoms with E-state index in [1.54, 1.807) is 13.0 Å². The van der Waals surface area contributed by atoms with Gasteiger partial charge in [0.25, 0.3) is 0 Å². The zero-order chi connectivity index (χ0) is 10.7. The lowest BCUT2D eigenvalue weighted by Crippen LogP contribution is -2.05. The molecule has 0 unspecified atom stereocenters. The summed E-state index contributed by atoms with van der Waals surface area (Å²) in [6.45, 7) is 6.19. The van der Waals surface area contributed by atoms with Crippen molar-refractivity contribution in [3.8, 4) is 0 Å². The van der Waals surface area contributed by atoms with Crippen LogP contribution in [0.15, 0.2) is 6.07 Å². The summed E-state index contributed by atoms with van der Waals surface area (Å²) in [5.74, 6) is 0.334. The van der Waals surface area contributed by atoms with Crippen LogP contribution in [-0.4, -0.2) is 17.6 Å². The molecule has 78 valence electrons. The van der Waals surface area contributed by atoms with Crippen molar-refractivity contribution in [3.05, 3.63) is 17.3 Å². The monoisotopic (exact) mass is 196 g/mol. The first-order valence-corrected chi connectivity index (χ1v) is 4.71. The fourth-order valence-corrected chi connectivity index (χ4v) is 1.18. The number of anilines is 1. The van der Waals surface area contributed by atoms with E-state index in [-0.39, 0.29) is 5.97 Å². The SMILES string of the molecule is CCOC(=O)c1cc(C(C)C)[nH]c1N. The minimum Gasteiger partial charge on any atom is -0.462 e. The maximum absolute atomic E-state index is 11.4. The van der Waals surface area contributed by atoms with Gasteiger partial charge in [0, 0.05) is 5.69 Å². The van der Waals surface area contributed by atoms with Gasteiger partial charge >= 0.3 is 5.97 Å². The topological polar surface area (TPSA) is 68.1 Å². The van der Waals surface area contributed by atoms with E-state index in [1.165, 1.54) is 0 Å². The maximum atomic E-state index is 11.4. The van der Waals surface area contributed by atoms with Gasteiger partial charge in [0.1, 0.15) is 11.4 Å². The van der Waals surface area contributed by atoms with Gasteiger partial charge in [-0.25, -0.2) is 4.79 Å². The molecule has 0 spiro atoms. The number of nitrogens with two attached hydrogens (primary N) is 1. The highest BCUT2D eigenvalue weighted by Crippen LogP contribution is 2.20. The van der Waals surface area contributed by atoms with Crippen LogP contribution in [0.5, 0.6) is 0 Å². The zero-order valence-corrected chi connectivity index (χ0v) is 8.76. The number of nitrogens with one attached hydrogen (secondary N) is 1. The minimum atomic E-state index is -0.367. The highest BCUT2D eigenvalue weighted by Gasteiger charge is 2.15. The summed E-state index contributed by atoms with van der Waals surface area (Å²) in [6.07, 6.45) is 0. The number of hydrogen-bond acceptors (Lipinski definition) is 3. The summed E-state index contributed by atoms with van der Waals surface area (Å²) >= 11 is 0. The summed E-state index contributed by atoms with van der Waals surface area (Å²) in [7, 11) is 0. The van der Waals surface area contributed by atoms with E-state index in [2.05, 4.69) is 4.98 Å². The Bertz CT molecular complexity index is 329. The van der Waals surface area contributed by atoms with E-state index < -0.39 is 0 Å². The molecule has 1 rings (SSSR count). The number of carbonyl (C=O) groups is 1. The lowest BCUT2D eigenvalue weighted by molar-refractivity contribution is 0.0528. The van der Waals surface area contributed by atoms with Crippen LogP contribution in [0.4, 0.5) is 5.82 Å². The molecule has 0 bridgehead atoms. The van der Waals surface area contributed by atoms with Crippen LogP contribution >= 0.6 is 0 Å². The second-order valence-electron chi connectivity index (χ2n) is 3.43. The van der Waals surface area contributed by atoms with Gasteiger partial charge in [-0.15, -0.1) is 0 Å². The molecule has 0 fully saturated rings. The summed E-state index contributed by atoms with van der Waals surface area (Å²) in [6, 6.07) is 1.75. The Morgan fingerprint density at radius 1 is 1.64 bits per heavy atom. The summed E-state index contributed by atoms with van der Waals surface area (Å²) in [5, 5.41) is 0. The van der Waals surface area contributed by atoms with Crippen LogP contribution < -0.4 is 5.73 Å². The molecular formula is C10H16N2O2. The lowest BCUT2D eigenvalue weighted by Gasteiger charge is -1.98. The molecular weight excluding hydrogens is 180 g/mol. The van der Waals surface area contributed by atoms with Gasteiger partial charge in [-0.05, 0) is 18.9 Å². The standard InChI is InChI=1S/C10H16N2O2/c1-4-14-10(13)7-5-8(6(2)3)12-9(7)11/h5-6,12H,4,11H2,1-3H3. The van der Waals surface area contributed by atoms with E-state index in [9.17, 15) is 4.79 Å². The van der Waals surface area contributed by atoms with Crippen LogP contribution in [-0.2, 0) is 4.74 Å². The number of esters is 1. The normalized spacial score (nSPS) is 10.6. The molecule has 0 atom stereocenters. The van der Waals surface area contributed by atoms with Gasteiger partial charge < -0.3 is 15.5 Å². The Labute approximate surface area is 83.4 Å². The highest BCUT2D eigenvalue weighted by molar-refractivity contribution is 5.94. The summed E-state index contributed by atoms with van der Waals surface area (Å²) < 4.78 is 4.86. The Morgan fingerprint density at radius 2 is 2.29 bits per heavy atom. The predicted octanol–water partition coefficient (Wildman–Crippen LogP) is 1.90. The average Bonchev–Trinajstić information content (AvgIpc) is 2.48. The van der Waals surface area contributed by atoms with Crippen LogP contribution in [0.1, 0.15) is 42.7 Å². The van der Waals surface area contributed by atoms with Crippen molar-refractivity contribution < 1.29 is 9.53 Å². The lowest BCUT2D eigenvalue weighted by atomic mass is 10.1. The van der Waals surface area contributed by atoms with Crippen LogP contribution in [0.25, 0.3) is 0 Å². The number of ether oxygens (including phenoxy) is 1. The van der Waals surface area contributed by atoms with E-state index in [1.807, 2.05) is 13.8 Å². The van der Waals surface area contributed by atoms with Crippen molar-refractivity contribution in [2.75, 3.05) is 12.3 Å². The third-order valence-corrected chi connectivity index (χ3v) is 1.99. The van der Waals surface area contributed by atoms with Crippen LogP contribution in [0.2, 0.25) is 0 Å². The summed E-state index contributed by atoms with van der Waals surface area (Å²) in [4.78, 5) is 14.3. The van der Waals surface area contributed by atoms with Gasteiger partial charge in [-0.1, -0.05) is 13.8 Å². The highest BCUT2D eigenvalue weighted by atomic mass is 16.5. The van der Waals surface area contributed by atoms with Gasteiger partial charge in [-0.3, -0.25) is 0 Å². The Morgan fingerprint density at radius 3 is 2.71 bits per heavy atom. The number of carbonyl (C=O) groups excluding carboxylic acids is 1. The van der Waals surface area contributed by atoms with E-state index in [0.717, 1.165) is 5.69 Å². The van der Waals surface area contributed by atoms with Gasteiger partial charge in [-0.2, -0.15) is 0 Å². The third kappa shape index (κ3) is 2.07.